The summed E-state index contributed by atoms with van der Waals surface area (Å²) in [7, 11) is 1.55. The van der Waals surface area contributed by atoms with E-state index in [0.717, 1.165) is 5.56 Å². The summed E-state index contributed by atoms with van der Waals surface area (Å²) >= 11 is 0. The zero-order chi connectivity index (χ0) is 23.9. The highest BCUT2D eigenvalue weighted by Gasteiger charge is 2.67. The van der Waals surface area contributed by atoms with Crippen LogP contribution in [0.3, 0.4) is 0 Å². The maximum Gasteiger partial charge on any atom is 0.326 e. The molecule has 2 aliphatic heterocycles. The van der Waals surface area contributed by atoms with Crippen molar-refractivity contribution in [3.63, 3.8) is 0 Å². The number of esters is 1. The number of rotatable bonds is 6. The molecular formula is C26H30N2O5. The Labute approximate surface area is 194 Å². The highest BCUT2D eigenvalue weighted by atomic mass is 16.5. The highest BCUT2D eigenvalue weighted by Crippen LogP contribution is 2.50. The number of hydrogen-bond donors (Lipinski definition) is 1. The van der Waals surface area contributed by atoms with Crippen LogP contribution in [0.5, 0.6) is 5.75 Å². The fourth-order valence-electron chi connectivity index (χ4n) is 4.97. The number of nitrogens with zero attached hydrogens (tertiary/aromatic N) is 1. The van der Waals surface area contributed by atoms with Gasteiger partial charge in [0.05, 0.1) is 31.2 Å². The third kappa shape index (κ3) is 3.70. The Hall–Kier alpha value is -3.19. The summed E-state index contributed by atoms with van der Waals surface area (Å²) < 4.78 is 10.5. The molecule has 2 aliphatic rings. The van der Waals surface area contributed by atoms with E-state index in [4.69, 9.17) is 9.47 Å². The Balaban J connectivity index is 1.77. The monoisotopic (exact) mass is 450 g/mol. The number of carbonyl (C=O) groups excluding carboxylic acids is 3. The predicted molar refractivity (Wildman–Crippen MR) is 124 cm³/mol. The summed E-state index contributed by atoms with van der Waals surface area (Å²) in [5, 5.41) is 3.31. The minimum atomic E-state index is -1.32. The van der Waals surface area contributed by atoms with Gasteiger partial charge in [0.15, 0.2) is 0 Å². The number of benzene rings is 2. The molecule has 2 aromatic carbocycles. The smallest absolute Gasteiger partial charge is 0.326 e. The number of fused-ring (bicyclic) bond motifs is 1. The van der Waals surface area contributed by atoms with Crippen molar-refractivity contribution < 1.29 is 23.9 Å². The molecule has 4 rings (SSSR count). The van der Waals surface area contributed by atoms with Crippen molar-refractivity contribution in [2.75, 3.05) is 18.6 Å². The summed E-state index contributed by atoms with van der Waals surface area (Å²) in [6, 6.07) is 14.3. The van der Waals surface area contributed by atoms with Crippen LogP contribution in [0.25, 0.3) is 0 Å². The molecule has 0 aromatic heterocycles. The predicted octanol–water partition coefficient (Wildman–Crippen LogP) is 3.59. The van der Waals surface area contributed by atoms with Crippen molar-refractivity contribution >= 4 is 23.5 Å². The molecule has 2 aromatic rings. The maximum absolute atomic E-state index is 13.7. The molecular weight excluding hydrogens is 420 g/mol. The van der Waals surface area contributed by atoms with E-state index in [-0.39, 0.29) is 12.5 Å². The molecule has 1 N–H and O–H groups in total. The van der Waals surface area contributed by atoms with Gasteiger partial charge in [-0.2, -0.15) is 0 Å². The topological polar surface area (TPSA) is 84.9 Å². The Bertz CT molecular complexity index is 1060. The van der Waals surface area contributed by atoms with E-state index < -0.39 is 35.3 Å². The molecule has 0 radical (unpaired) electrons. The Morgan fingerprint density at radius 1 is 1.06 bits per heavy atom. The van der Waals surface area contributed by atoms with E-state index in [2.05, 4.69) is 19.2 Å². The molecule has 0 aliphatic carbocycles. The standard InChI is InChI=1S/C26H30N2O5/c1-6-33-25(31)26(4)21-20(22(27-26)17-9-7-16(8-10-17)15(2)3)23(29)28(24(21)30)18-11-13-19(32-5)14-12-18/h7-15,20-22,27H,6H2,1-5H3. The number of ether oxygens (including phenoxy) is 2. The molecule has 174 valence electrons. The van der Waals surface area contributed by atoms with Crippen molar-refractivity contribution in [3.05, 3.63) is 59.7 Å². The van der Waals surface area contributed by atoms with E-state index in [1.165, 1.54) is 10.5 Å². The quantitative estimate of drug-likeness (QED) is 0.535. The number of amides is 2. The molecule has 0 bridgehead atoms. The molecule has 4 atom stereocenters. The molecule has 7 heteroatoms. The average molecular weight is 451 g/mol. The number of carbonyl (C=O) groups is 3. The van der Waals surface area contributed by atoms with Gasteiger partial charge in [-0.15, -0.1) is 0 Å². The summed E-state index contributed by atoms with van der Waals surface area (Å²) in [6.45, 7) is 7.80. The summed E-state index contributed by atoms with van der Waals surface area (Å²) in [6.07, 6.45) is 0. The van der Waals surface area contributed by atoms with Gasteiger partial charge in [0, 0.05) is 6.04 Å². The Morgan fingerprint density at radius 3 is 2.24 bits per heavy atom. The summed E-state index contributed by atoms with van der Waals surface area (Å²) in [4.78, 5) is 41.5. The SMILES string of the molecule is CCOC(=O)C1(C)NC(c2ccc(C(C)C)cc2)C2C(=O)N(c3ccc(OC)cc3)C(=O)C21. The van der Waals surface area contributed by atoms with Gasteiger partial charge in [0.25, 0.3) is 0 Å². The first-order chi connectivity index (χ1) is 15.7. The second-order valence-electron chi connectivity index (χ2n) is 9.08. The fraction of sp³-hybridized carbons (Fsp3) is 0.423. The van der Waals surface area contributed by atoms with Crippen LogP contribution in [0.4, 0.5) is 5.69 Å². The fourth-order valence-corrected chi connectivity index (χ4v) is 4.97. The molecule has 2 fully saturated rings. The van der Waals surface area contributed by atoms with Crippen molar-refractivity contribution in [1.29, 1.82) is 0 Å². The molecule has 2 heterocycles. The van der Waals surface area contributed by atoms with E-state index in [0.29, 0.717) is 17.4 Å². The number of hydrogen-bond acceptors (Lipinski definition) is 6. The summed E-state index contributed by atoms with van der Waals surface area (Å²) in [5.74, 6) is -1.86. The normalized spacial score (nSPS) is 26.6. The van der Waals surface area contributed by atoms with Crippen LogP contribution >= 0.6 is 0 Å². The highest BCUT2D eigenvalue weighted by molar-refractivity contribution is 6.24. The van der Waals surface area contributed by atoms with E-state index in [9.17, 15) is 14.4 Å². The van der Waals surface area contributed by atoms with Crippen LogP contribution in [0.15, 0.2) is 48.5 Å². The third-order valence-corrected chi connectivity index (χ3v) is 6.78. The average Bonchev–Trinajstić information content (AvgIpc) is 3.27. The lowest BCUT2D eigenvalue weighted by molar-refractivity contribution is -0.153. The molecule has 0 saturated carbocycles. The van der Waals surface area contributed by atoms with Crippen molar-refractivity contribution in [3.8, 4) is 5.75 Å². The lowest BCUT2D eigenvalue weighted by Crippen LogP contribution is -2.54. The zero-order valence-corrected chi connectivity index (χ0v) is 19.6. The number of methoxy groups -OCH3 is 1. The van der Waals surface area contributed by atoms with Crippen molar-refractivity contribution in [2.45, 2.75) is 45.2 Å². The Morgan fingerprint density at radius 2 is 1.70 bits per heavy atom. The number of nitrogens with one attached hydrogen (secondary N) is 1. The van der Waals surface area contributed by atoms with Crippen molar-refractivity contribution in [1.82, 2.24) is 5.32 Å². The van der Waals surface area contributed by atoms with E-state index >= 15 is 0 Å². The lowest BCUT2D eigenvalue weighted by Gasteiger charge is -2.29. The van der Waals surface area contributed by atoms with E-state index in [1.807, 2.05) is 24.3 Å². The minimum absolute atomic E-state index is 0.186. The van der Waals surface area contributed by atoms with Crippen LogP contribution in [0.2, 0.25) is 0 Å². The maximum atomic E-state index is 13.7. The van der Waals surface area contributed by atoms with Crippen LogP contribution < -0.4 is 15.0 Å². The van der Waals surface area contributed by atoms with Crippen LogP contribution in [-0.2, 0) is 19.1 Å². The van der Waals surface area contributed by atoms with Gasteiger partial charge in [0.2, 0.25) is 11.8 Å². The largest absolute Gasteiger partial charge is 0.497 e. The first kappa shape index (κ1) is 23.0. The Kier molecular flexibility index (Phi) is 6.01. The van der Waals surface area contributed by atoms with Crippen LogP contribution in [0.1, 0.15) is 50.8 Å². The number of anilines is 1. The molecule has 4 unspecified atom stereocenters. The van der Waals surface area contributed by atoms with Gasteiger partial charge in [-0.1, -0.05) is 38.1 Å². The molecule has 2 amide bonds. The minimum Gasteiger partial charge on any atom is -0.497 e. The zero-order valence-electron chi connectivity index (χ0n) is 19.6. The summed E-state index contributed by atoms with van der Waals surface area (Å²) in [5.41, 5.74) is 1.17. The molecule has 0 spiro atoms. The molecule has 33 heavy (non-hydrogen) atoms. The van der Waals surface area contributed by atoms with Gasteiger partial charge < -0.3 is 9.47 Å². The van der Waals surface area contributed by atoms with Gasteiger partial charge in [-0.3, -0.25) is 19.7 Å². The van der Waals surface area contributed by atoms with Gasteiger partial charge in [-0.05, 0) is 55.2 Å². The number of imide groups is 1. The van der Waals surface area contributed by atoms with Gasteiger partial charge in [0.1, 0.15) is 11.3 Å². The lowest BCUT2D eigenvalue weighted by atomic mass is 9.80. The second kappa shape index (κ2) is 8.63. The first-order valence-electron chi connectivity index (χ1n) is 11.3. The first-order valence-corrected chi connectivity index (χ1v) is 11.3. The molecule has 2 saturated heterocycles. The molecule has 7 nitrogen and oxygen atoms in total. The van der Waals surface area contributed by atoms with Gasteiger partial charge >= 0.3 is 5.97 Å². The third-order valence-electron chi connectivity index (χ3n) is 6.78. The van der Waals surface area contributed by atoms with Crippen molar-refractivity contribution in [2.24, 2.45) is 11.8 Å². The second-order valence-corrected chi connectivity index (χ2v) is 9.08. The van der Waals surface area contributed by atoms with Crippen LogP contribution in [0, 0.1) is 11.8 Å². The van der Waals surface area contributed by atoms with Crippen LogP contribution in [-0.4, -0.2) is 37.0 Å². The van der Waals surface area contributed by atoms with Gasteiger partial charge in [-0.25, -0.2) is 4.90 Å². The van der Waals surface area contributed by atoms with E-state index in [1.54, 1.807) is 45.2 Å².